The average Bonchev–Trinajstić information content (AvgIpc) is 2.86. The number of hydrogen-bond donors (Lipinski definition) is 1. The maximum atomic E-state index is 13.7. The van der Waals surface area contributed by atoms with Crippen LogP contribution in [-0.2, 0) is 26.2 Å². The van der Waals surface area contributed by atoms with Gasteiger partial charge in [0.2, 0.25) is 21.8 Å². The van der Waals surface area contributed by atoms with Crippen molar-refractivity contribution in [2.75, 3.05) is 37.9 Å². The van der Waals surface area contributed by atoms with Crippen molar-refractivity contribution in [3.05, 3.63) is 54.1 Å². The van der Waals surface area contributed by atoms with Gasteiger partial charge < -0.3 is 19.7 Å². The summed E-state index contributed by atoms with van der Waals surface area (Å²) in [6.45, 7) is 4.07. The lowest BCUT2D eigenvalue weighted by atomic mass is 10.1. The third-order valence-electron chi connectivity index (χ3n) is 5.75. The topological polar surface area (TPSA) is 105 Å². The van der Waals surface area contributed by atoms with Crippen LogP contribution in [0.15, 0.2) is 48.5 Å². The molecule has 1 unspecified atom stereocenters. The van der Waals surface area contributed by atoms with Crippen molar-refractivity contribution in [1.82, 2.24) is 10.2 Å². The monoisotopic (exact) mass is 519 g/mol. The van der Waals surface area contributed by atoms with E-state index >= 15 is 0 Å². The van der Waals surface area contributed by atoms with Crippen LogP contribution in [-0.4, -0.2) is 64.7 Å². The third kappa shape index (κ3) is 7.87. The molecule has 2 amide bonds. The van der Waals surface area contributed by atoms with Gasteiger partial charge in [-0.3, -0.25) is 13.9 Å². The molecule has 0 bridgehead atoms. The number of unbranched alkanes of at least 4 members (excludes halogenated alkanes) is 1. The number of anilines is 1. The molecule has 2 rings (SSSR count). The van der Waals surface area contributed by atoms with E-state index in [1.165, 1.54) is 25.2 Å². The molecule has 2 aromatic carbocycles. The average molecular weight is 520 g/mol. The summed E-state index contributed by atoms with van der Waals surface area (Å²) >= 11 is 0. The van der Waals surface area contributed by atoms with E-state index in [0.717, 1.165) is 29.0 Å². The minimum absolute atomic E-state index is 0.170. The highest BCUT2D eigenvalue weighted by molar-refractivity contribution is 7.92. The number of hydrogen-bond acceptors (Lipinski definition) is 6. The van der Waals surface area contributed by atoms with E-state index in [9.17, 15) is 18.0 Å². The number of carbonyl (C=O) groups excluding carboxylic acids is 2. The molecule has 0 fully saturated rings. The van der Waals surface area contributed by atoms with E-state index in [1.807, 2.05) is 44.2 Å². The second-order valence-corrected chi connectivity index (χ2v) is 10.3. The molecule has 0 saturated heterocycles. The minimum atomic E-state index is -3.85. The van der Waals surface area contributed by atoms with E-state index in [2.05, 4.69) is 5.32 Å². The number of nitrogens with one attached hydrogen (secondary N) is 1. The van der Waals surface area contributed by atoms with Gasteiger partial charge >= 0.3 is 0 Å². The first kappa shape index (κ1) is 29.0. The molecule has 0 radical (unpaired) electrons. The molecule has 36 heavy (non-hydrogen) atoms. The molecule has 0 aliphatic rings. The van der Waals surface area contributed by atoms with Crippen LogP contribution < -0.4 is 19.1 Å². The summed E-state index contributed by atoms with van der Waals surface area (Å²) in [7, 11) is -0.919. The van der Waals surface area contributed by atoms with Gasteiger partial charge in [-0.25, -0.2) is 8.42 Å². The molecule has 1 atom stereocenters. The zero-order valence-corrected chi connectivity index (χ0v) is 22.5. The molecule has 198 valence electrons. The first-order valence-corrected chi connectivity index (χ1v) is 13.8. The summed E-state index contributed by atoms with van der Waals surface area (Å²) in [6, 6.07) is 13.2. The predicted molar refractivity (Wildman–Crippen MR) is 141 cm³/mol. The van der Waals surface area contributed by atoms with Crippen LogP contribution in [0.2, 0.25) is 0 Å². The van der Waals surface area contributed by atoms with Gasteiger partial charge in [-0.05, 0) is 30.5 Å². The summed E-state index contributed by atoms with van der Waals surface area (Å²) < 4.78 is 37.1. The van der Waals surface area contributed by atoms with Crippen molar-refractivity contribution in [2.24, 2.45) is 0 Å². The minimum Gasteiger partial charge on any atom is -0.493 e. The van der Waals surface area contributed by atoms with Crippen molar-refractivity contribution in [1.29, 1.82) is 0 Å². The summed E-state index contributed by atoms with van der Waals surface area (Å²) in [5.74, 6) is 0.0179. The third-order valence-corrected chi connectivity index (χ3v) is 6.89. The Bertz CT molecular complexity index is 1110. The normalized spacial score (nSPS) is 11.9. The molecular weight excluding hydrogens is 482 g/mol. The van der Waals surface area contributed by atoms with Crippen molar-refractivity contribution in [3.63, 3.8) is 0 Å². The predicted octanol–water partition coefficient (Wildman–Crippen LogP) is 3.19. The first-order valence-electron chi connectivity index (χ1n) is 12.0. The Morgan fingerprint density at radius 1 is 1.00 bits per heavy atom. The SMILES string of the molecule is CCCCNC(=O)C(CC)N(Cc1ccccc1)C(=O)CN(c1ccc(OC)c(OC)c1)S(C)(=O)=O. The summed E-state index contributed by atoms with van der Waals surface area (Å²) in [5.41, 5.74) is 1.09. The smallest absolute Gasteiger partial charge is 0.244 e. The van der Waals surface area contributed by atoms with E-state index in [-0.39, 0.29) is 18.1 Å². The lowest BCUT2D eigenvalue weighted by Crippen LogP contribution is -2.52. The Morgan fingerprint density at radius 2 is 1.67 bits per heavy atom. The van der Waals surface area contributed by atoms with Gasteiger partial charge in [-0.1, -0.05) is 50.6 Å². The summed E-state index contributed by atoms with van der Waals surface area (Å²) in [5, 5.41) is 2.90. The number of carbonyl (C=O) groups is 2. The summed E-state index contributed by atoms with van der Waals surface area (Å²) in [6.07, 6.45) is 3.17. The van der Waals surface area contributed by atoms with Gasteiger partial charge in [0.05, 0.1) is 26.2 Å². The van der Waals surface area contributed by atoms with E-state index in [1.54, 1.807) is 12.1 Å². The second-order valence-electron chi connectivity index (χ2n) is 8.38. The van der Waals surface area contributed by atoms with Crippen LogP contribution in [0.3, 0.4) is 0 Å². The molecule has 1 N–H and O–H groups in total. The van der Waals surface area contributed by atoms with Crippen LogP contribution in [0, 0.1) is 0 Å². The van der Waals surface area contributed by atoms with E-state index in [4.69, 9.17) is 9.47 Å². The highest BCUT2D eigenvalue weighted by atomic mass is 32.2. The van der Waals surface area contributed by atoms with Crippen LogP contribution in [0.25, 0.3) is 0 Å². The van der Waals surface area contributed by atoms with Crippen molar-refractivity contribution in [3.8, 4) is 11.5 Å². The van der Waals surface area contributed by atoms with Gasteiger partial charge in [0.15, 0.2) is 11.5 Å². The van der Waals surface area contributed by atoms with Gasteiger partial charge in [0.25, 0.3) is 0 Å². The second kappa shape index (κ2) is 13.7. The molecule has 0 heterocycles. The van der Waals surface area contributed by atoms with E-state index in [0.29, 0.717) is 24.5 Å². The fraction of sp³-hybridized carbons (Fsp3) is 0.462. The van der Waals surface area contributed by atoms with Gasteiger partial charge in [-0.15, -0.1) is 0 Å². The highest BCUT2D eigenvalue weighted by Gasteiger charge is 2.31. The Balaban J connectivity index is 2.42. The number of rotatable bonds is 14. The maximum absolute atomic E-state index is 13.7. The van der Waals surface area contributed by atoms with Crippen LogP contribution >= 0.6 is 0 Å². The van der Waals surface area contributed by atoms with E-state index < -0.39 is 28.5 Å². The lowest BCUT2D eigenvalue weighted by molar-refractivity contribution is -0.140. The van der Waals surface area contributed by atoms with Gasteiger partial charge in [-0.2, -0.15) is 0 Å². The maximum Gasteiger partial charge on any atom is 0.244 e. The molecule has 9 nitrogen and oxygen atoms in total. The molecule has 0 saturated carbocycles. The summed E-state index contributed by atoms with van der Waals surface area (Å²) in [4.78, 5) is 28.2. The van der Waals surface area contributed by atoms with Gasteiger partial charge in [0, 0.05) is 19.2 Å². The largest absolute Gasteiger partial charge is 0.493 e. The fourth-order valence-electron chi connectivity index (χ4n) is 3.80. The highest BCUT2D eigenvalue weighted by Crippen LogP contribution is 2.32. The van der Waals surface area contributed by atoms with Crippen molar-refractivity contribution < 1.29 is 27.5 Å². The number of ether oxygens (including phenoxy) is 2. The Morgan fingerprint density at radius 3 is 2.22 bits per heavy atom. The molecule has 0 spiro atoms. The molecule has 0 aliphatic heterocycles. The molecule has 0 aromatic heterocycles. The quantitative estimate of drug-likeness (QED) is 0.385. The molecule has 10 heteroatoms. The molecule has 2 aromatic rings. The Labute approximate surface area is 214 Å². The zero-order valence-electron chi connectivity index (χ0n) is 21.7. The first-order chi connectivity index (χ1) is 17.2. The lowest BCUT2D eigenvalue weighted by Gasteiger charge is -2.33. The van der Waals surface area contributed by atoms with Crippen LogP contribution in [0.1, 0.15) is 38.7 Å². The van der Waals surface area contributed by atoms with Crippen LogP contribution in [0.5, 0.6) is 11.5 Å². The van der Waals surface area contributed by atoms with Crippen LogP contribution in [0.4, 0.5) is 5.69 Å². The standard InChI is InChI=1S/C26H37N3O6S/c1-6-8-16-27-26(31)22(7-2)28(18-20-12-10-9-11-13-20)25(30)19-29(36(5,32)33)21-14-15-23(34-3)24(17-21)35-4/h9-15,17,22H,6-8,16,18-19H2,1-5H3,(H,27,31). The zero-order chi connectivity index (χ0) is 26.7. The van der Waals surface area contributed by atoms with Gasteiger partial charge in [0.1, 0.15) is 12.6 Å². The number of methoxy groups -OCH3 is 2. The number of benzene rings is 2. The molecule has 0 aliphatic carbocycles. The number of nitrogens with zero attached hydrogens (tertiary/aromatic N) is 2. The van der Waals surface area contributed by atoms with Crippen molar-refractivity contribution >= 4 is 27.5 Å². The Hall–Kier alpha value is -3.27. The molecular formula is C26H37N3O6S. The van der Waals surface area contributed by atoms with Crippen molar-refractivity contribution in [2.45, 2.75) is 45.7 Å². The Kier molecular flexibility index (Phi) is 11.0. The number of amides is 2. The fourth-order valence-corrected chi connectivity index (χ4v) is 4.64. The number of sulfonamides is 1.